The van der Waals surface area contributed by atoms with E-state index in [4.69, 9.17) is 5.26 Å². The van der Waals surface area contributed by atoms with Crippen LogP contribution in [-0.2, 0) is 0 Å². The summed E-state index contributed by atoms with van der Waals surface area (Å²) in [7, 11) is 2.21. The SMILES string of the molecule is CC(C)C(CNCC(C)(C)CCC#N)N1CCN(C)CC1. The lowest BCUT2D eigenvalue weighted by atomic mass is 9.88. The van der Waals surface area contributed by atoms with Crippen LogP contribution in [0.15, 0.2) is 0 Å². The molecule has 0 radical (unpaired) electrons. The topological polar surface area (TPSA) is 42.3 Å². The quantitative estimate of drug-likeness (QED) is 0.745. The first kappa shape index (κ1) is 18.4. The van der Waals surface area contributed by atoms with Gasteiger partial charge in [-0.1, -0.05) is 27.7 Å². The van der Waals surface area contributed by atoms with Crippen molar-refractivity contribution in [2.24, 2.45) is 11.3 Å². The third kappa shape index (κ3) is 6.78. The van der Waals surface area contributed by atoms with Gasteiger partial charge in [0, 0.05) is 51.7 Å². The zero-order chi connectivity index (χ0) is 15.9. The predicted molar refractivity (Wildman–Crippen MR) is 89.2 cm³/mol. The molecule has 0 spiro atoms. The maximum absolute atomic E-state index is 8.73. The third-order valence-corrected chi connectivity index (χ3v) is 4.65. The van der Waals surface area contributed by atoms with Crippen molar-refractivity contribution in [1.29, 1.82) is 5.26 Å². The molecule has 0 aromatic carbocycles. The highest BCUT2D eigenvalue weighted by Crippen LogP contribution is 2.21. The van der Waals surface area contributed by atoms with Gasteiger partial charge in [-0.2, -0.15) is 5.26 Å². The Morgan fingerprint density at radius 1 is 1.19 bits per heavy atom. The second-order valence-corrected chi connectivity index (χ2v) is 7.60. The van der Waals surface area contributed by atoms with Gasteiger partial charge in [0.15, 0.2) is 0 Å². The minimum Gasteiger partial charge on any atom is -0.315 e. The number of piperazine rings is 1. The third-order valence-electron chi connectivity index (χ3n) is 4.65. The molecule has 4 heteroatoms. The molecule has 1 unspecified atom stereocenters. The number of nitrogens with one attached hydrogen (secondary N) is 1. The van der Waals surface area contributed by atoms with Crippen LogP contribution in [0, 0.1) is 22.7 Å². The van der Waals surface area contributed by atoms with Crippen LogP contribution < -0.4 is 5.32 Å². The van der Waals surface area contributed by atoms with Crippen molar-refractivity contribution in [2.75, 3.05) is 46.3 Å². The number of nitrogens with zero attached hydrogens (tertiary/aromatic N) is 3. The van der Waals surface area contributed by atoms with E-state index >= 15 is 0 Å². The first-order valence-electron chi connectivity index (χ1n) is 8.36. The Kier molecular flexibility index (Phi) is 7.65. The Morgan fingerprint density at radius 3 is 2.33 bits per heavy atom. The minimum absolute atomic E-state index is 0.208. The normalized spacial score (nSPS) is 19.7. The molecular formula is C17H34N4. The lowest BCUT2D eigenvalue weighted by Gasteiger charge is -2.40. The van der Waals surface area contributed by atoms with Crippen LogP contribution in [0.3, 0.4) is 0 Å². The van der Waals surface area contributed by atoms with Crippen LogP contribution in [0.2, 0.25) is 0 Å². The van der Waals surface area contributed by atoms with Gasteiger partial charge in [0.2, 0.25) is 0 Å². The van der Waals surface area contributed by atoms with Crippen molar-refractivity contribution >= 4 is 0 Å². The van der Waals surface area contributed by atoms with Crippen LogP contribution in [0.1, 0.15) is 40.5 Å². The van der Waals surface area contributed by atoms with Gasteiger partial charge in [-0.3, -0.25) is 4.90 Å². The summed E-state index contributed by atoms with van der Waals surface area (Å²) < 4.78 is 0. The summed E-state index contributed by atoms with van der Waals surface area (Å²) in [6, 6.07) is 2.87. The fourth-order valence-corrected chi connectivity index (χ4v) is 2.98. The molecule has 1 fully saturated rings. The molecule has 0 saturated carbocycles. The van der Waals surface area contributed by atoms with E-state index in [2.05, 4.69) is 55.9 Å². The van der Waals surface area contributed by atoms with E-state index in [1.807, 2.05) is 0 Å². The highest BCUT2D eigenvalue weighted by Gasteiger charge is 2.25. The molecule has 1 atom stereocenters. The average Bonchev–Trinajstić information content (AvgIpc) is 2.42. The summed E-state index contributed by atoms with van der Waals surface area (Å²) >= 11 is 0. The number of hydrogen-bond acceptors (Lipinski definition) is 4. The van der Waals surface area contributed by atoms with Crippen molar-refractivity contribution in [3.8, 4) is 6.07 Å². The van der Waals surface area contributed by atoms with Gasteiger partial charge in [-0.15, -0.1) is 0 Å². The number of likely N-dealkylation sites (N-methyl/N-ethyl adjacent to an activating group) is 1. The van der Waals surface area contributed by atoms with Crippen molar-refractivity contribution in [1.82, 2.24) is 15.1 Å². The summed E-state index contributed by atoms with van der Waals surface area (Å²) in [6.45, 7) is 15.9. The standard InChI is InChI=1S/C17H34N4/c1-15(2)16(21-11-9-20(5)10-12-21)13-19-14-17(3,4)7-6-8-18/h15-16,19H,6-7,9-14H2,1-5H3. The Hall–Kier alpha value is -0.630. The fraction of sp³-hybridized carbons (Fsp3) is 0.941. The van der Waals surface area contributed by atoms with Crippen LogP contribution in [0.25, 0.3) is 0 Å². The molecule has 4 nitrogen and oxygen atoms in total. The summed E-state index contributed by atoms with van der Waals surface area (Å²) in [5.41, 5.74) is 0.208. The average molecular weight is 294 g/mol. The molecule has 1 heterocycles. The van der Waals surface area contributed by atoms with Crippen molar-refractivity contribution in [3.05, 3.63) is 0 Å². The molecule has 1 saturated heterocycles. The summed E-state index contributed by atoms with van der Waals surface area (Å²) in [4.78, 5) is 5.05. The molecule has 0 amide bonds. The van der Waals surface area contributed by atoms with E-state index in [9.17, 15) is 0 Å². The van der Waals surface area contributed by atoms with E-state index in [0.717, 1.165) is 19.5 Å². The van der Waals surface area contributed by atoms with Gasteiger partial charge in [0.1, 0.15) is 0 Å². The molecule has 21 heavy (non-hydrogen) atoms. The highest BCUT2D eigenvalue weighted by atomic mass is 15.3. The largest absolute Gasteiger partial charge is 0.315 e. The highest BCUT2D eigenvalue weighted by molar-refractivity contribution is 4.83. The first-order chi connectivity index (χ1) is 9.85. The summed E-state index contributed by atoms with van der Waals surface area (Å²) in [5, 5.41) is 12.4. The molecule has 1 aliphatic heterocycles. The lowest BCUT2D eigenvalue weighted by Crippen LogP contribution is -2.54. The Labute approximate surface area is 131 Å². The Balaban J connectivity index is 2.40. The van der Waals surface area contributed by atoms with Gasteiger partial charge in [-0.25, -0.2) is 0 Å². The monoisotopic (exact) mass is 294 g/mol. The molecular weight excluding hydrogens is 260 g/mol. The number of hydrogen-bond donors (Lipinski definition) is 1. The van der Waals surface area contributed by atoms with Gasteiger partial charge in [-0.05, 0) is 24.8 Å². The van der Waals surface area contributed by atoms with E-state index in [0.29, 0.717) is 18.4 Å². The number of nitriles is 1. The second kappa shape index (κ2) is 8.73. The maximum Gasteiger partial charge on any atom is 0.0621 e. The molecule has 0 bridgehead atoms. The zero-order valence-corrected chi connectivity index (χ0v) is 14.7. The van der Waals surface area contributed by atoms with E-state index in [1.54, 1.807) is 0 Å². The molecule has 1 rings (SSSR count). The van der Waals surface area contributed by atoms with Crippen LogP contribution >= 0.6 is 0 Å². The van der Waals surface area contributed by atoms with E-state index in [-0.39, 0.29) is 5.41 Å². The molecule has 0 aromatic rings. The molecule has 0 aliphatic carbocycles. The molecule has 1 aliphatic rings. The van der Waals surface area contributed by atoms with Crippen molar-refractivity contribution in [2.45, 2.75) is 46.6 Å². The summed E-state index contributed by atoms with van der Waals surface area (Å²) in [6.07, 6.45) is 1.62. The number of rotatable bonds is 8. The van der Waals surface area contributed by atoms with Crippen LogP contribution in [0.5, 0.6) is 0 Å². The Bertz CT molecular complexity index is 324. The fourth-order valence-electron chi connectivity index (χ4n) is 2.98. The maximum atomic E-state index is 8.73. The van der Waals surface area contributed by atoms with E-state index in [1.165, 1.54) is 26.2 Å². The van der Waals surface area contributed by atoms with Gasteiger partial charge >= 0.3 is 0 Å². The first-order valence-corrected chi connectivity index (χ1v) is 8.36. The molecule has 0 aromatic heterocycles. The van der Waals surface area contributed by atoms with Gasteiger partial charge in [0.25, 0.3) is 0 Å². The van der Waals surface area contributed by atoms with Crippen molar-refractivity contribution in [3.63, 3.8) is 0 Å². The van der Waals surface area contributed by atoms with Crippen LogP contribution in [-0.4, -0.2) is 62.2 Å². The van der Waals surface area contributed by atoms with Gasteiger partial charge < -0.3 is 10.2 Å². The van der Waals surface area contributed by atoms with Gasteiger partial charge in [0.05, 0.1) is 6.07 Å². The van der Waals surface area contributed by atoms with E-state index < -0.39 is 0 Å². The molecule has 1 N–H and O–H groups in total. The lowest BCUT2D eigenvalue weighted by molar-refractivity contribution is 0.0860. The molecule has 122 valence electrons. The zero-order valence-electron chi connectivity index (χ0n) is 14.7. The Morgan fingerprint density at radius 2 is 1.81 bits per heavy atom. The smallest absolute Gasteiger partial charge is 0.0621 e. The minimum atomic E-state index is 0.208. The summed E-state index contributed by atoms with van der Waals surface area (Å²) in [5.74, 6) is 0.670. The van der Waals surface area contributed by atoms with Crippen LogP contribution in [0.4, 0.5) is 0 Å². The second-order valence-electron chi connectivity index (χ2n) is 7.60. The van der Waals surface area contributed by atoms with Crippen molar-refractivity contribution < 1.29 is 0 Å². The predicted octanol–water partition coefficient (Wildman–Crippen LogP) is 2.18.